The molecule has 2 heteroatoms. The molecule has 0 radical (unpaired) electrons. The molecule has 1 aromatic rings. The van der Waals surface area contributed by atoms with Crippen molar-refractivity contribution in [2.75, 3.05) is 5.75 Å². The molecule has 0 aliphatic carbocycles. The molecule has 16 heavy (non-hydrogen) atoms. The number of benzene rings is 1. The first-order valence-electron chi connectivity index (χ1n) is 6.17. The maximum atomic E-state index is 6.07. The van der Waals surface area contributed by atoms with Crippen molar-refractivity contribution in [2.24, 2.45) is 5.73 Å². The van der Waals surface area contributed by atoms with Crippen molar-refractivity contribution in [1.29, 1.82) is 0 Å². The summed E-state index contributed by atoms with van der Waals surface area (Å²) in [6.45, 7) is 4.34. The second-order valence-corrected chi connectivity index (χ2v) is 5.47. The van der Waals surface area contributed by atoms with E-state index in [-0.39, 0.29) is 0 Å². The number of thioether (sulfide) groups is 1. The van der Waals surface area contributed by atoms with Crippen LogP contribution in [0.5, 0.6) is 0 Å². The fourth-order valence-corrected chi connectivity index (χ4v) is 2.48. The maximum absolute atomic E-state index is 6.07. The van der Waals surface area contributed by atoms with Gasteiger partial charge in [-0.2, -0.15) is 0 Å². The highest BCUT2D eigenvalue weighted by molar-refractivity contribution is 7.99. The van der Waals surface area contributed by atoms with E-state index >= 15 is 0 Å². The summed E-state index contributed by atoms with van der Waals surface area (Å²) in [7, 11) is 0. The highest BCUT2D eigenvalue weighted by Crippen LogP contribution is 2.19. The number of rotatable bonds is 7. The summed E-state index contributed by atoms with van der Waals surface area (Å²) < 4.78 is 0. The fourth-order valence-electron chi connectivity index (χ4n) is 1.58. The second-order valence-electron chi connectivity index (χ2n) is 4.38. The van der Waals surface area contributed by atoms with Crippen LogP contribution in [0.25, 0.3) is 0 Å². The van der Waals surface area contributed by atoms with E-state index in [2.05, 4.69) is 38.1 Å². The summed E-state index contributed by atoms with van der Waals surface area (Å²) in [5.74, 6) is 1.03. The average molecular weight is 237 g/mol. The summed E-state index contributed by atoms with van der Waals surface area (Å²) in [6.07, 6.45) is 5.01. The van der Waals surface area contributed by atoms with Gasteiger partial charge in [-0.3, -0.25) is 0 Å². The molecule has 0 aliphatic rings. The van der Waals surface area contributed by atoms with Crippen LogP contribution in [0.4, 0.5) is 0 Å². The Balaban J connectivity index is 2.20. The highest BCUT2D eigenvalue weighted by Gasteiger charge is 2.03. The minimum Gasteiger partial charge on any atom is -0.327 e. The van der Waals surface area contributed by atoms with Gasteiger partial charge in [-0.05, 0) is 25.5 Å². The van der Waals surface area contributed by atoms with Crippen LogP contribution in [0.1, 0.15) is 38.2 Å². The van der Waals surface area contributed by atoms with Crippen LogP contribution < -0.4 is 5.73 Å². The van der Waals surface area contributed by atoms with Gasteiger partial charge < -0.3 is 5.73 Å². The van der Waals surface area contributed by atoms with E-state index in [9.17, 15) is 0 Å². The number of unbranched alkanes of at least 4 members (excludes halogenated alkanes) is 2. The maximum Gasteiger partial charge on any atom is 0.0133 e. The molecule has 90 valence electrons. The Bertz CT molecular complexity index is 281. The molecule has 1 unspecified atom stereocenters. The predicted octanol–water partition coefficient (Wildman–Crippen LogP) is 3.99. The summed E-state index contributed by atoms with van der Waals surface area (Å²) in [4.78, 5) is 1.33. The molecule has 0 heterocycles. The van der Waals surface area contributed by atoms with E-state index in [1.165, 1.54) is 29.7 Å². The van der Waals surface area contributed by atoms with Crippen molar-refractivity contribution >= 4 is 11.8 Å². The van der Waals surface area contributed by atoms with Gasteiger partial charge in [0.1, 0.15) is 0 Å². The summed E-state index contributed by atoms with van der Waals surface area (Å²) in [5, 5.41) is 0. The molecule has 0 aromatic heterocycles. The van der Waals surface area contributed by atoms with E-state index in [0.717, 1.165) is 12.2 Å². The van der Waals surface area contributed by atoms with Gasteiger partial charge in [0.2, 0.25) is 0 Å². The van der Waals surface area contributed by atoms with Crippen molar-refractivity contribution in [2.45, 2.75) is 50.5 Å². The van der Waals surface area contributed by atoms with Crippen molar-refractivity contribution < 1.29 is 0 Å². The Morgan fingerprint density at radius 1 is 1.19 bits per heavy atom. The van der Waals surface area contributed by atoms with Crippen LogP contribution in [-0.4, -0.2) is 11.8 Å². The van der Waals surface area contributed by atoms with E-state index < -0.39 is 0 Å². The van der Waals surface area contributed by atoms with Gasteiger partial charge in [0, 0.05) is 16.7 Å². The number of nitrogens with two attached hydrogens (primary N) is 1. The Hall–Kier alpha value is -0.470. The van der Waals surface area contributed by atoms with E-state index in [0.29, 0.717) is 6.04 Å². The van der Waals surface area contributed by atoms with Gasteiger partial charge in [0.15, 0.2) is 0 Å². The van der Waals surface area contributed by atoms with Crippen molar-refractivity contribution in [3.63, 3.8) is 0 Å². The fraction of sp³-hybridized carbons (Fsp3) is 0.571. The van der Waals surface area contributed by atoms with E-state index in [4.69, 9.17) is 5.73 Å². The third-order valence-corrected chi connectivity index (χ3v) is 3.86. The summed E-state index contributed by atoms with van der Waals surface area (Å²) in [6, 6.07) is 9.02. The van der Waals surface area contributed by atoms with Gasteiger partial charge >= 0.3 is 0 Å². The SMILES string of the molecule is CCCCCC(N)CSc1ccc(C)cc1. The van der Waals surface area contributed by atoms with Gasteiger partial charge in [-0.15, -0.1) is 11.8 Å². The molecule has 0 saturated heterocycles. The number of hydrogen-bond donors (Lipinski definition) is 1. The molecule has 1 rings (SSSR count). The first-order chi connectivity index (χ1) is 7.72. The van der Waals surface area contributed by atoms with Crippen LogP contribution in [-0.2, 0) is 0 Å². The van der Waals surface area contributed by atoms with Crippen molar-refractivity contribution in [3.8, 4) is 0 Å². The molecule has 0 saturated carbocycles. The normalized spacial score (nSPS) is 12.7. The van der Waals surface area contributed by atoms with Gasteiger partial charge in [-0.25, -0.2) is 0 Å². The van der Waals surface area contributed by atoms with Gasteiger partial charge in [0.05, 0.1) is 0 Å². The van der Waals surface area contributed by atoms with Gasteiger partial charge in [-0.1, -0.05) is 43.9 Å². The average Bonchev–Trinajstić information content (AvgIpc) is 2.29. The zero-order valence-electron chi connectivity index (χ0n) is 10.4. The molecule has 1 nitrogen and oxygen atoms in total. The largest absolute Gasteiger partial charge is 0.327 e. The quantitative estimate of drug-likeness (QED) is 0.573. The Morgan fingerprint density at radius 2 is 1.88 bits per heavy atom. The standard InChI is InChI=1S/C14H23NS/c1-3-4-5-6-13(15)11-16-14-9-7-12(2)8-10-14/h7-10,13H,3-6,11,15H2,1-2H3. The lowest BCUT2D eigenvalue weighted by atomic mass is 10.1. The lowest BCUT2D eigenvalue weighted by Gasteiger charge is -2.10. The van der Waals surface area contributed by atoms with Crippen LogP contribution >= 0.6 is 11.8 Å². The predicted molar refractivity (Wildman–Crippen MR) is 74.0 cm³/mol. The zero-order chi connectivity index (χ0) is 11.8. The first kappa shape index (κ1) is 13.6. The second kappa shape index (κ2) is 7.75. The minimum atomic E-state index is 0.345. The number of aryl methyl sites for hydroxylation is 1. The van der Waals surface area contributed by atoms with Crippen LogP contribution in [0.15, 0.2) is 29.2 Å². The highest BCUT2D eigenvalue weighted by atomic mass is 32.2. The molecule has 0 spiro atoms. The monoisotopic (exact) mass is 237 g/mol. The number of hydrogen-bond acceptors (Lipinski definition) is 2. The molecule has 0 bridgehead atoms. The lowest BCUT2D eigenvalue weighted by Crippen LogP contribution is -2.22. The zero-order valence-corrected chi connectivity index (χ0v) is 11.2. The molecule has 0 aliphatic heterocycles. The molecule has 1 atom stereocenters. The summed E-state index contributed by atoms with van der Waals surface area (Å²) in [5.41, 5.74) is 7.39. The molecule has 0 amide bonds. The Labute approximate surface area is 104 Å². The third-order valence-electron chi connectivity index (χ3n) is 2.66. The molecule has 0 fully saturated rings. The topological polar surface area (TPSA) is 26.0 Å². The third kappa shape index (κ3) is 5.57. The van der Waals surface area contributed by atoms with Crippen LogP contribution in [0, 0.1) is 6.92 Å². The minimum absolute atomic E-state index is 0.345. The molecule has 1 aromatic carbocycles. The molecular weight excluding hydrogens is 214 g/mol. The van der Waals surface area contributed by atoms with Crippen LogP contribution in [0.2, 0.25) is 0 Å². The van der Waals surface area contributed by atoms with Crippen molar-refractivity contribution in [1.82, 2.24) is 0 Å². The lowest BCUT2D eigenvalue weighted by molar-refractivity contribution is 0.597. The Morgan fingerprint density at radius 3 is 2.50 bits per heavy atom. The molecular formula is C14H23NS. The summed E-state index contributed by atoms with van der Waals surface area (Å²) >= 11 is 1.87. The van der Waals surface area contributed by atoms with Gasteiger partial charge in [0.25, 0.3) is 0 Å². The Kier molecular flexibility index (Phi) is 6.58. The van der Waals surface area contributed by atoms with Crippen molar-refractivity contribution in [3.05, 3.63) is 29.8 Å². The molecule has 2 N–H and O–H groups in total. The smallest absolute Gasteiger partial charge is 0.0133 e. The van der Waals surface area contributed by atoms with Crippen LogP contribution in [0.3, 0.4) is 0 Å². The first-order valence-corrected chi connectivity index (χ1v) is 7.16. The van der Waals surface area contributed by atoms with E-state index in [1.807, 2.05) is 11.8 Å². The van der Waals surface area contributed by atoms with E-state index in [1.54, 1.807) is 0 Å².